The number of benzene rings is 2. The molecule has 112 valence electrons. The van der Waals surface area contributed by atoms with Gasteiger partial charge in [0, 0.05) is 18.1 Å². The van der Waals surface area contributed by atoms with Crippen molar-refractivity contribution in [1.29, 1.82) is 0 Å². The Bertz CT molecular complexity index is 780. The first kappa shape index (κ1) is 14.1. The molecule has 1 aromatic heterocycles. The van der Waals surface area contributed by atoms with E-state index >= 15 is 0 Å². The van der Waals surface area contributed by atoms with Gasteiger partial charge in [0.05, 0.1) is 6.61 Å². The molecule has 1 heterocycles. The Kier molecular flexibility index (Phi) is 4.05. The third kappa shape index (κ3) is 3.25. The highest BCUT2D eigenvalue weighted by Gasteiger charge is 2.09. The number of oxazole rings is 1. The van der Waals surface area contributed by atoms with Crippen LogP contribution in [0.3, 0.4) is 0 Å². The molecule has 1 N–H and O–H groups in total. The van der Waals surface area contributed by atoms with Gasteiger partial charge in [-0.3, -0.25) is 4.79 Å². The first-order valence-corrected chi connectivity index (χ1v) is 7.03. The highest BCUT2D eigenvalue weighted by molar-refractivity contribution is 5.77. The fourth-order valence-electron chi connectivity index (χ4n) is 2.11. The number of nitrogens with zero attached hydrogens (tertiary/aromatic N) is 1. The van der Waals surface area contributed by atoms with Crippen LogP contribution in [0.2, 0.25) is 0 Å². The van der Waals surface area contributed by atoms with E-state index in [4.69, 9.17) is 14.3 Å². The Morgan fingerprint density at radius 1 is 1.18 bits per heavy atom. The molecule has 0 bridgehead atoms. The average molecular weight is 297 g/mol. The van der Waals surface area contributed by atoms with Crippen LogP contribution in [-0.4, -0.2) is 22.7 Å². The molecule has 2 aromatic carbocycles. The normalized spacial score (nSPS) is 10.7. The number of fused-ring (bicyclic) bond motifs is 1. The van der Waals surface area contributed by atoms with Crippen molar-refractivity contribution in [2.75, 3.05) is 6.61 Å². The van der Waals surface area contributed by atoms with Crippen LogP contribution in [0.25, 0.3) is 22.6 Å². The lowest BCUT2D eigenvalue weighted by atomic mass is 10.2. The summed E-state index contributed by atoms with van der Waals surface area (Å²) in [6.07, 6.45) is 0.571. The van der Waals surface area contributed by atoms with Crippen molar-refractivity contribution < 1.29 is 19.1 Å². The molecule has 0 aliphatic rings. The maximum atomic E-state index is 10.4. The Hall–Kier alpha value is -2.82. The van der Waals surface area contributed by atoms with E-state index in [-0.39, 0.29) is 6.42 Å². The molecule has 5 heteroatoms. The molecule has 0 unspecified atom stereocenters. The molecular weight excluding hydrogens is 282 g/mol. The Labute approximate surface area is 127 Å². The van der Waals surface area contributed by atoms with Crippen molar-refractivity contribution in [3.05, 3.63) is 48.5 Å². The molecule has 0 saturated heterocycles. The topological polar surface area (TPSA) is 72.6 Å². The smallest absolute Gasteiger partial charge is 0.303 e. The Balaban J connectivity index is 1.74. The molecule has 0 spiro atoms. The molecule has 5 nitrogen and oxygen atoms in total. The van der Waals surface area contributed by atoms with Gasteiger partial charge in [0.1, 0.15) is 11.3 Å². The van der Waals surface area contributed by atoms with Gasteiger partial charge in [0.2, 0.25) is 5.89 Å². The molecule has 0 atom stereocenters. The average Bonchev–Trinajstić information content (AvgIpc) is 2.95. The van der Waals surface area contributed by atoms with Gasteiger partial charge < -0.3 is 14.3 Å². The van der Waals surface area contributed by atoms with Gasteiger partial charge in [0.15, 0.2) is 5.58 Å². The first-order valence-electron chi connectivity index (χ1n) is 7.03. The van der Waals surface area contributed by atoms with E-state index in [1.165, 1.54) is 0 Å². The van der Waals surface area contributed by atoms with E-state index in [1.807, 2.05) is 36.4 Å². The van der Waals surface area contributed by atoms with Crippen LogP contribution in [0, 0.1) is 0 Å². The van der Waals surface area contributed by atoms with E-state index in [0.717, 1.165) is 11.1 Å². The van der Waals surface area contributed by atoms with Crippen molar-refractivity contribution in [3.63, 3.8) is 0 Å². The molecule has 0 aliphatic carbocycles. The van der Waals surface area contributed by atoms with Crippen LogP contribution in [0.15, 0.2) is 52.9 Å². The molecule has 0 saturated carbocycles. The molecule has 3 aromatic rings. The lowest BCUT2D eigenvalue weighted by Gasteiger charge is -2.04. The SMILES string of the molecule is O=C(O)CCCOc1ccc2nc(-c3ccccc3)oc2c1. The molecule has 22 heavy (non-hydrogen) atoms. The molecule has 0 radical (unpaired) electrons. The molecule has 0 aliphatic heterocycles. The third-order valence-corrected chi connectivity index (χ3v) is 3.18. The van der Waals surface area contributed by atoms with Crippen molar-refractivity contribution in [1.82, 2.24) is 4.98 Å². The van der Waals surface area contributed by atoms with Crippen LogP contribution in [0.5, 0.6) is 5.75 Å². The Morgan fingerprint density at radius 3 is 2.77 bits per heavy atom. The number of hydrogen-bond acceptors (Lipinski definition) is 4. The minimum Gasteiger partial charge on any atom is -0.493 e. The van der Waals surface area contributed by atoms with Crippen LogP contribution < -0.4 is 4.74 Å². The Morgan fingerprint density at radius 2 is 2.00 bits per heavy atom. The lowest BCUT2D eigenvalue weighted by Crippen LogP contribution is -2.01. The summed E-state index contributed by atoms with van der Waals surface area (Å²) in [5.74, 6) is 0.397. The maximum absolute atomic E-state index is 10.4. The quantitative estimate of drug-likeness (QED) is 0.702. The fraction of sp³-hybridized carbons (Fsp3) is 0.176. The number of ether oxygens (including phenoxy) is 1. The zero-order valence-electron chi connectivity index (χ0n) is 11.9. The zero-order chi connectivity index (χ0) is 15.4. The molecule has 3 rings (SSSR count). The van der Waals surface area contributed by atoms with Crippen LogP contribution in [0.1, 0.15) is 12.8 Å². The summed E-state index contributed by atoms with van der Waals surface area (Å²) >= 11 is 0. The minimum atomic E-state index is -0.818. The predicted octanol–water partition coefficient (Wildman–Crippen LogP) is 3.74. The number of carboxylic acid groups (broad SMARTS) is 1. The predicted molar refractivity (Wildman–Crippen MR) is 81.8 cm³/mol. The summed E-state index contributed by atoms with van der Waals surface area (Å²) < 4.78 is 11.3. The second-order valence-corrected chi connectivity index (χ2v) is 4.86. The summed E-state index contributed by atoms with van der Waals surface area (Å²) in [5.41, 5.74) is 2.33. The standard InChI is InChI=1S/C17H15NO4/c19-16(20)7-4-10-21-13-8-9-14-15(11-13)22-17(18-14)12-5-2-1-3-6-12/h1-3,5-6,8-9,11H,4,7,10H2,(H,19,20). The second kappa shape index (κ2) is 6.30. The van der Waals surface area contributed by atoms with Crippen molar-refractivity contribution in [3.8, 4) is 17.2 Å². The molecular formula is C17H15NO4. The maximum Gasteiger partial charge on any atom is 0.303 e. The van der Waals surface area contributed by atoms with Crippen molar-refractivity contribution >= 4 is 17.1 Å². The van der Waals surface area contributed by atoms with Gasteiger partial charge >= 0.3 is 5.97 Å². The zero-order valence-corrected chi connectivity index (χ0v) is 11.9. The van der Waals surface area contributed by atoms with E-state index in [0.29, 0.717) is 30.3 Å². The number of carboxylic acids is 1. The van der Waals surface area contributed by atoms with E-state index in [9.17, 15) is 4.79 Å². The summed E-state index contributed by atoms with van der Waals surface area (Å²) in [6.45, 7) is 0.359. The van der Waals surface area contributed by atoms with Gasteiger partial charge in [-0.2, -0.15) is 0 Å². The number of rotatable bonds is 6. The van der Waals surface area contributed by atoms with Gasteiger partial charge in [-0.15, -0.1) is 0 Å². The monoisotopic (exact) mass is 297 g/mol. The van der Waals surface area contributed by atoms with Gasteiger partial charge in [-0.25, -0.2) is 4.98 Å². The number of aromatic nitrogens is 1. The van der Waals surface area contributed by atoms with E-state index in [2.05, 4.69) is 4.98 Å². The minimum absolute atomic E-state index is 0.0999. The first-order chi connectivity index (χ1) is 10.7. The van der Waals surface area contributed by atoms with Crippen LogP contribution in [-0.2, 0) is 4.79 Å². The van der Waals surface area contributed by atoms with E-state index < -0.39 is 5.97 Å². The molecule has 0 amide bonds. The highest BCUT2D eigenvalue weighted by atomic mass is 16.5. The van der Waals surface area contributed by atoms with Gasteiger partial charge in [-0.1, -0.05) is 18.2 Å². The third-order valence-electron chi connectivity index (χ3n) is 3.18. The fourth-order valence-corrected chi connectivity index (χ4v) is 2.11. The second-order valence-electron chi connectivity index (χ2n) is 4.86. The summed E-state index contributed by atoms with van der Waals surface area (Å²) in [7, 11) is 0. The number of carbonyl (C=O) groups is 1. The molecule has 0 fully saturated rings. The van der Waals surface area contributed by atoms with Crippen molar-refractivity contribution in [2.24, 2.45) is 0 Å². The van der Waals surface area contributed by atoms with Gasteiger partial charge in [-0.05, 0) is 30.7 Å². The van der Waals surface area contributed by atoms with E-state index in [1.54, 1.807) is 12.1 Å². The lowest BCUT2D eigenvalue weighted by molar-refractivity contribution is -0.137. The van der Waals surface area contributed by atoms with Crippen molar-refractivity contribution in [2.45, 2.75) is 12.8 Å². The largest absolute Gasteiger partial charge is 0.493 e. The summed E-state index contributed by atoms with van der Waals surface area (Å²) in [4.78, 5) is 14.9. The number of aliphatic carboxylic acids is 1. The highest BCUT2D eigenvalue weighted by Crippen LogP contribution is 2.26. The number of hydrogen-bond donors (Lipinski definition) is 1. The summed E-state index contributed by atoms with van der Waals surface area (Å²) in [6, 6.07) is 15.1. The van der Waals surface area contributed by atoms with Gasteiger partial charge in [0.25, 0.3) is 0 Å². The van der Waals surface area contributed by atoms with Crippen LogP contribution in [0.4, 0.5) is 0 Å². The summed E-state index contributed by atoms with van der Waals surface area (Å²) in [5, 5.41) is 8.58. The van der Waals surface area contributed by atoms with Crippen LogP contribution >= 0.6 is 0 Å².